The smallest absolute Gasteiger partial charge is 0.338 e. The second-order valence-electron chi connectivity index (χ2n) is 6.97. The van der Waals surface area contributed by atoms with Crippen molar-refractivity contribution >= 4 is 23.9 Å². The monoisotopic (exact) mass is 349 g/mol. The molecule has 0 saturated carbocycles. The summed E-state index contributed by atoms with van der Waals surface area (Å²) in [5.74, 6) is -1.14. The SMILES string of the molecule is CC(C)(C)OC(=O)c1cccc(C=CN2C(=O)c3ccccc3C2=O)c1. The standard InChI is InChI=1S/C21H19NO4/c1-21(2,3)26-20(25)15-8-6-7-14(13-15)11-12-22-18(23)16-9-4-5-10-17(16)19(22)24/h4-13H,1-3H3. The van der Waals surface area contributed by atoms with E-state index in [0.29, 0.717) is 22.3 Å². The molecule has 0 N–H and O–H groups in total. The number of hydrogen-bond acceptors (Lipinski definition) is 4. The Labute approximate surface area is 151 Å². The van der Waals surface area contributed by atoms with E-state index in [4.69, 9.17) is 4.74 Å². The van der Waals surface area contributed by atoms with Crippen LogP contribution in [0.1, 0.15) is 57.4 Å². The van der Waals surface area contributed by atoms with E-state index >= 15 is 0 Å². The van der Waals surface area contributed by atoms with Gasteiger partial charge >= 0.3 is 5.97 Å². The Hall–Kier alpha value is -3.21. The second kappa shape index (κ2) is 6.59. The summed E-state index contributed by atoms with van der Waals surface area (Å²) in [4.78, 5) is 37.9. The van der Waals surface area contributed by atoms with E-state index < -0.39 is 11.6 Å². The van der Waals surface area contributed by atoms with E-state index in [-0.39, 0.29) is 11.8 Å². The van der Waals surface area contributed by atoms with E-state index in [1.165, 1.54) is 6.20 Å². The molecule has 0 radical (unpaired) electrons. The predicted molar refractivity (Wildman–Crippen MR) is 97.6 cm³/mol. The normalized spacial score (nSPS) is 14.0. The molecule has 2 aromatic rings. The number of carbonyl (C=O) groups excluding carboxylic acids is 3. The molecule has 0 bridgehead atoms. The van der Waals surface area contributed by atoms with Crippen LogP contribution in [-0.4, -0.2) is 28.3 Å². The number of benzene rings is 2. The average Bonchev–Trinajstić information content (AvgIpc) is 2.83. The van der Waals surface area contributed by atoms with Crippen LogP contribution in [0.15, 0.2) is 54.7 Å². The minimum atomic E-state index is -0.580. The van der Waals surface area contributed by atoms with Crippen LogP contribution >= 0.6 is 0 Å². The number of fused-ring (bicyclic) bond motifs is 1. The lowest BCUT2D eigenvalue weighted by molar-refractivity contribution is 0.00692. The molecule has 1 aliphatic heterocycles. The van der Waals surface area contributed by atoms with Crippen LogP contribution in [0.4, 0.5) is 0 Å². The molecule has 0 unspecified atom stereocenters. The number of amides is 2. The zero-order chi connectivity index (χ0) is 18.9. The molecule has 0 fully saturated rings. The number of ether oxygens (including phenoxy) is 1. The second-order valence-corrected chi connectivity index (χ2v) is 6.97. The molecule has 0 spiro atoms. The van der Waals surface area contributed by atoms with Gasteiger partial charge < -0.3 is 4.74 Å². The Balaban J connectivity index is 1.80. The van der Waals surface area contributed by atoms with Gasteiger partial charge in [-0.25, -0.2) is 9.69 Å². The van der Waals surface area contributed by atoms with Crippen molar-refractivity contribution in [3.05, 3.63) is 77.0 Å². The quantitative estimate of drug-likeness (QED) is 0.622. The van der Waals surface area contributed by atoms with Crippen molar-refractivity contribution in [2.24, 2.45) is 0 Å². The third-order valence-corrected chi connectivity index (χ3v) is 3.76. The van der Waals surface area contributed by atoms with Crippen LogP contribution in [-0.2, 0) is 4.74 Å². The molecule has 1 aliphatic rings. The van der Waals surface area contributed by atoms with Gasteiger partial charge in [-0.2, -0.15) is 0 Å². The summed E-state index contributed by atoms with van der Waals surface area (Å²) >= 11 is 0. The summed E-state index contributed by atoms with van der Waals surface area (Å²) < 4.78 is 5.35. The zero-order valence-electron chi connectivity index (χ0n) is 14.9. The van der Waals surface area contributed by atoms with Crippen LogP contribution in [0, 0.1) is 0 Å². The molecule has 3 rings (SSSR count). The summed E-state index contributed by atoms with van der Waals surface area (Å²) in [7, 11) is 0. The Kier molecular flexibility index (Phi) is 4.47. The fraction of sp³-hybridized carbons (Fsp3) is 0.190. The maximum absolute atomic E-state index is 12.3. The lowest BCUT2D eigenvalue weighted by Gasteiger charge is -2.19. The minimum absolute atomic E-state index is 0.356. The highest BCUT2D eigenvalue weighted by atomic mass is 16.6. The number of esters is 1. The van der Waals surface area contributed by atoms with Crippen molar-refractivity contribution in [1.29, 1.82) is 0 Å². The maximum Gasteiger partial charge on any atom is 0.338 e. The largest absolute Gasteiger partial charge is 0.456 e. The molecule has 5 nitrogen and oxygen atoms in total. The molecule has 132 valence electrons. The summed E-state index contributed by atoms with van der Waals surface area (Å²) in [6.07, 6.45) is 3.05. The van der Waals surface area contributed by atoms with Crippen molar-refractivity contribution in [1.82, 2.24) is 4.90 Å². The molecule has 0 aliphatic carbocycles. The Morgan fingerprint density at radius 1 is 0.962 bits per heavy atom. The van der Waals surface area contributed by atoms with Crippen LogP contribution in [0.25, 0.3) is 6.08 Å². The van der Waals surface area contributed by atoms with Gasteiger partial charge in [-0.15, -0.1) is 0 Å². The van der Waals surface area contributed by atoms with Gasteiger partial charge in [0.15, 0.2) is 0 Å². The van der Waals surface area contributed by atoms with E-state index in [1.807, 2.05) is 0 Å². The third kappa shape index (κ3) is 3.57. The fourth-order valence-electron chi connectivity index (χ4n) is 2.61. The third-order valence-electron chi connectivity index (χ3n) is 3.76. The summed E-state index contributed by atoms with van der Waals surface area (Å²) in [6.45, 7) is 5.41. The van der Waals surface area contributed by atoms with E-state index in [1.54, 1.807) is 75.4 Å². The highest BCUT2D eigenvalue weighted by Gasteiger charge is 2.33. The molecule has 0 aromatic heterocycles. The molecule has 26 heavy (non-hydrogen) atoms. The van der Waals surface area contributed by atoms with Gasteiger partial charge in [0, 0.05) is 6.20 Å². The van der Waals surface area contributed by atoms with Gasteiger partial charge in [0.2, 0.25) is 0 Å². The van der Waals surface area contributed by atoms with Crippen molar-refractivity contribution < 1.29 is 19.1 Å². The van der Waals surface area contributed by atoms with Gasteiger partial charge in [0.05, 0.1) is 16.7 Å². The van der Waals surface area contributed by atoms with E-state index in [0.717, 1.165) is 4.90 Å². The predicted octanol–water partition coefficient (Wildman–Crippen LogP) is 3.91. The van der Waals surface area contributed by atoms with Crippen LogP contribution in [0.3, 0.4) is 0 Å². The maximum atomic E-state index is 12.3. The summed E-state index contributed by atoms with van der Waals surface area (Å²) in [6, 6.07) is 13.5. The topological polar surface area (TPSA) is 63.7 Å². The lowest BCUT2D eigenvalue weighted by atomic mass is 10.1. The molecule has 1 heterocycles. The number of nitrogens with zero attached hydrogens (tertiary/aromatic N) is 1. The lowest BCUT2D eigenvalue weighted by Crippen LogP contribution is -2.24. The first-order valence-corrected chi connectivity index (χ1v) is 8.25. The Morgan fingerprint density at radius 2 is 1.58 bits per heavy atom. The zero-order valence-corrected chi connectivity index (χ0v) is 14.9. The summed E-state index contributed by atoms with van der Waals surface area (Å²) in [5.41, 5.74) is 1.30. The summed E-state index contributed by atoms with van der Waals surface area (Å²) in [5, 5.41) is 0. The molecule has 0 saturated heterocycles. The van der Waals surface area contributed by atoms with E-state index in [9.17, 15) is 14.4 Å². The van der Waals surface area contributed by atoms with Crippen LogP contribution < -0.4 is 0 Å². The first-order chi connectivity index (χ1) is 12.3. The van der Waals surface area contributed by atoms with Crippen molar-refractivity contribution in [3.8, 4) is 0 Å². The highest BCUT2D eigenvalue weighted by Crippen LogP contribution is 2.23. The molecular weight excluding hydrogens is 330 g/mol. The highest BCUT2D eigenvalue weighted by molar-refractivity contribution is 6.22. The fourth-order valence-corrected chi connectivity index (χ4v) is 2.61. The number of imide groups is 1. The first-order valence-electron chi connectivity index (χ1n) is 8.25. The molecule has 0 atom stereocenters. The molecular formula is C21H19NO4. The molecule has 2 amide bonds. The van der Waals surface area contributed by atoms with Gasteiger partial charge in [0.25, 0.3) is 11.8 Å². The van der Waals surface area contributed by atoms with Gasteiger partial charge in [0.1, 0.15) is 5.60 Å². The Morgan fingerprint density at radius 3 is 2.15 bits per heavy atom. The van der Waals surface area contributed by atoms with Gasteiger partial charge in [-0.3, -0.25) is 9.59 Å². The first kappa shape index (κ1) is 17.6. The van der Waals surface area contributed by atoms with Crippen molar-refractivity contribution in [3.63, 3.8) is 0 Å². The minimum Gasteiger partial charge on any atom is -0.456 e. The van der Waals surface area contributed by atoms with Crippen molar-refractivity contribution in [2.45, 2.75) is 26.4 Å². The van der Waals surface area contributed by atoms with Crippen LogP contribution in [0.2, 0.25) is 0 Å². The number of carbonyl (C=O) groups is 3. The molecule has 2 aromatic carbocycles. The number of rotatable bonds is 3. The van der Waals surface area contributed by atoms with Gasteiger partial charge in [-0.1, -0.05) is 24.3 Å². The van der Waals surface area contributed by atoms with Crippen molar-refractivity contribution in [2.75, 3.05) is 0 Å². The van der Waals surface area contributed by atoms with E-state index in [2.05, 4.69) is 0 Å². The molecule has 5 heteroatoms. The number of hydrogen-bond donors (Lipinski definition) is 0. The van der Waals surface area contributed by atoms with Crippen LogP contribution in [0.5, 0.6) is 0 Å². The Bertz CT molecular complexity index is 887. The van der Waals surface area contributed by atoms with Gasteiger partial charge in [-0.05, 0) is 56.7 Å². The average molecular weight is 349 g/mol.